The van der Waals surface area contributed by atoms with Crippen molar-refractivity contribution in [2.45, 2.75) is 18.4 Å². The average molecular weight is 276 g/mol. The van der Waals surface area contributed by atoms with Crippen LogP contribution in [0.2, 0.25) is 0 Å². The molecule has 2 aromatic carbocycles. The van der Waals surface area contributed by atoms with Gasteiger partial charge in [-0.25, -0.2) is 13.1 Å². The molecule has 4 nitrogen and oxygen atoms in total. The van der Waals surface area contributed by atoms with Crippen molar-refractivity contribution in [1.29, 1.82) is 0 Å². The van der Waals surface area contributed by atoms with Crippen molar-refractivity contribution in [3.8, 4) is 0 Å². The maximum atomic E-state index is 12.1. The summed E-state index contributed by atoms with van der Waals surface area (Å²) in [6.07, 6.45) is 0. The lowest BCUT2D eigenvalue weighted by molar-refractivity contribution is 0.581. The molecule has 5 heteroatoms. The van der Waals surface area contributed by atoms with Gasteiger partial charge in [0.05, 0.1) is 4.90 Å². The van der Waals surface area contributed by atoms with Crippen LogP contribution in [0.15, 0.2) is 53.4 Å². The van der Waals surface area contributed by atoms with Crippen molar-refractivity contribution in [2.75, 3.05) is 5.73 Å². The molecule has 2 aromatic rings. The summed E-state index contributed by atoms with van der Waals surface area (Å²) in [6.45, 7) is 2.11. The van der Waals surface area contributed by atoms with Gasteiger partial charge in [0.15, 0.2) is 0 Å². The molecule has 0 amide bonds. The van der Waals surface area contributed by atoms with Gasteiger partial charge in [-0.05, 0) is 36.2 Å². The number of nitrogen functional groups attached to an aromatic ring is 1. The summed E-state index contributed by atoms with van der Waals surface area (Å²) in [5.74, 6) is 0. The van der Waals surface area contributed by atoms with E-state index in [2.05, 4.69) is 4.72 Å². The normalized spacial score (nSPS) is 11.4. The maximum Gasteiger partial charge on any atom is 0.240 e. The number of hydrogen-bond donors (Lipinski definition) is 2. The molecule has 0 aliphatic heterocycles. The number of nitrogens with one attached hydrogen (secondary N) is 1. The number of benzene rings is 2. The van der Waals surface area contributed by atoms with Gasteiger partial charge in [0, 0.05) is 12.2 Å². The zero-order valence-corrected chi connectivity index (χ0v) is 11.4. The van der Waals surface area contributed by atoms with Crippen LogP contribution in [-0.2, 0) is 16.6 Å². The van der Waals surface area contributed by atoms with Gasteiger partial charge in [-0.1, -0.05) is 30.3 Å². The van der Waals surface area contributed by atoms with Crippen molar-refractivity contribution >= 4 is 15.7 Å². The SMILES string of the molecule is Cc1c(N)cccc1CNS(=O)(=O)c1ccccc1. The number of anilines is 1. The van der Waals surface area contributed by atoms with Gasteiger partial charge in [-0.15, -0.1) is 0 Å². The van der Waals surface area contributed by atoms with Crippen molar-refractivity contribution < 1.29 is 8.42 Å². The Balaban J connectivity index is 2.17. The summed E-state index contributed by atoms with van der Waals surface area (Å²) < 4.78 is 26.7. The van der Waals surface area contributed by atoms with Crippen molar-refractivity contribution in [3.63, 3.8) is 0 Å². The smallest absolute Gasteiger partial charge is 0.240 e. The molecule has 0 aliphatic rings. The maximum absolute atomic E-state index is 12.1. The topological polar surface area (TPSA) is 72.2 Å². The number of nitrogens with two attached hydrogens (primary N) is 1. The van der Waals surface area contributed by atoms with E-state index < -0.39 is 10.0 Å². The van der Waals surface area contributed by atoms with E-state index in [9.17, 15) is 8.42 Å². The van der Waals surface area contributed by atoms with Crippen LogP contribution in [0.5, 0.6) is 0 Å². The van der Waals surface area contributed by atoms with E-state index in [1.807, 2.05) is 19.1 Å². The third-order valence-corrected chi connectivity index (χ3v) is 4.41. The van der Waals surface area contributed by atoms with E-state index in [0.29, 0.717) is 5.69 Å². The van der Waals surface area contributed by atoms with E-state index in [0.717, 1.165) is 11.1 Å². The monoisotopic (exact) mass is 276 g/mol. The summed E-state index contributed by atoms with van der Waals surface area (Å²) in [7, 11) is -3.48. The molecule has 0 bridgehead atoms. The Morgan fingerprint density at radius 1 is 1.05 bits per heavy atom. The highest BCUT2D eigenvalue weighted by Gasteiger charge is 2.13. The number of hydrogen-bond acceptors (Lipinski definition) is 3. The van der Waals surface area contributed by atoms with E-state index in [-0.39, 0.29) is 11.4 Å². The molecule has 0 saturated heterocycles. The van der Waals surface area contributed by atoms with Gasteiger partial charge < -0.3 is 5.73 Å². The number of sulfonamides is 1. The molecular formula is C14H16N2O2S. The summed E-state index contributed by atoms with van der Waals surface area (Å²) in [5, 5.41) is 0. The van der Waals surface area contributed by atoms with Crippen LogP contribution < -0.4 is 10.5 Å². The zero-order valence-electron chi connectivity index (χ0n) is 10.6. The quantitative estimate of drug-likeness (QED) is 0.840. The second kappa shape index (κ2) is 5.42. The molecule has 0 aliphatic carbocycles. The molecule has 3 N–H and O–H groups in total. The molecule has 0 unspecified atom stereocenters. The van der Waals surface area contributed by atoms with E-state index in [4.69, 9.17) is 5.73 Å². The molecule has 19 heavy (non-hydrogen) atoms. The van der Waals surface area contributed by atoms with Crippen LogP contribution in [0, 0.1) is 6.92 Å². The third-order valence-electron chi connectivity index (χ3n) is 2.99. The Hall–Kier alpha value is -1.85. The molecule has 0 spiro atoms. The van der Waals surface area contributed by atoms with Gasteiger partial charge in [-0.3, -0.25) is 0 Å². The van der Waals surface area contributed by atoms with Crippen LogP contribution in [0.1, 0.15) is 11.1 Å². The Morgan fingerprint density at radius 3 is 2.42 bits per heavy atom. The summed E-state index contributed by atoms with van der Waals surface area (Å²) in [6, 6.07) is 13.8. The highest BCUT2D eigenvalue weighted by molar-refractivity contribution is 7.89. The number of rotatable bonds is 4. The second-order valence-electron chi connectivity index (χ2n) is 4.27. The predicted molar refractivity (Wildman–Crippen MR) is 76.1 cm³/mol. The molecule has 0 aromatic heterocycles. The molecule has 0 saturated carbocycles. The van der Waals surface area contributed by atoms with Crippen LogP contribution in [-0.4, -0.2) is 8.42 Å². The van der Waals surface area contributed by atoms with Crippen molar-refractivity contribution in [1.82, 2.24) is 4.72 Å². The van der Waals surface area contributed by atoms with E-state index in [1.165, 1.54) is 0 Å². The lowest BCUT2D eigenvalue weighted by Gasteiger charge is -2.10. The Labute approximate surface area is 113 Å². The van der Waals surface area contributed by atoms with E-state index >= 15 is 0 Å². The minimum Gasteiger partial charge on any atom is -0.399 e. The largest absolute Gasteiger partial charge is 0.399 e. The van der Waals surface area contributed by atoms with Crippen molar-refractivity contribution in [3.05, 3.63) is 59.7 Å². The van der Waals surface area contributed by atoms with Crippen LogP contribution in [0.4, 0.5) is 5.69 Å². The van der Waals surface area contributed by atoms with Gasteiger partial charge >= 0.3 is 0 Å². The third kappa shape index (κ3) is 3.13. The van der Waals surface area contributed by atoms with E-state index in [1.54, 1.807) is 36.4 Å². The molecule has 0 atom stereocenters. The minimum atomic E-state index is -3.48. The first-order valence-corrected chi connectivity index (χ1v) is 7.38. The van der Waals surface area contributed by atoms with Gasteiger partial charge in [-0.2, -0.15) is 0 Å². The second-order valence-corrected chi connectivity index (χ2v) is 6.04. The molecule has 0 radical (unpaired) electrons. The molecule has 2 rings (SSSR count). The van der Waals surface area contributed by atoms with Gasteiger partial charge in [0.25, 0.3) is 0 Å². The fraction of sp³-hybridized carbons (Fsp3) is 0.143. The van der Waals surface area contributed by atoms with Gasteiger partial charge in [0.1, 0.15) is 0 Å². The van der Waals surface area contributed by atoms with Crippen LogP contribution in [0.25, 0.3) is 0 Å². The first-order valence-electron chi connectivity index (χ1n) is 5.89. The highest BCUT2D eigenvalue weighted by atomic mass is 32.2. The summed E-state index contributed by atoms with van der Waals surface area (Å²) >= 11 is 0. The first-order chi connectivity index (χ1) is 9.00. The average Bonchev–Trinajstić information content (AvgIpc) is 2.41. The first kappa shape index (κ1) is 13.6. The zero-order chi connectivity index (χ0) is 13.9. The molecule has 0 fully saturated rings. The summed E-state index contributed by atoms with van der Waals surface area (Å²) in [4.78, 5) is 0.261. The van der Waals surface area contributed by atoms with Crippen molar-refractivity contribution in [2.24, 2.45) is 0 Å². The lowest BCUT2D eigenvalue weighted by atomic mass is 10.1. The summed E-state index contributed by atoms with van der Waals surface area (Å²) in [5.41, 5.74) is 8.23. The fourth-order valence-electron chi connectivity index (χ4n) is 1.75. The minimum absolute atomic E-state index is 0.230. The predicted octanol–water partition coefficient (Wildman–Crippen LogP) is 2.06. The Bertz CT molecular complexity index is 667. The Kier molecular flexibility index (Phi) is 3.87. The molecule has 100 valence electrons. The molecular weight excluding hydrogens is 260 g/mol. The van der Waals surface area contributed by atoms with Crippen LogP contribution in [0.3, 0.4) is 0 Å². The molecule has 0 heterocycles. The Morgan fingerprint density at radius 2 is 1.74 bits per heavy atom. The fourth-order valence-corrected chi connectivity index (χ4v) is 2.78. The standard InChI is InChI=1S/C14H16N2O2S/c1-11-12(6-5-9-14(11)15)10-16-19(17,18)13-7-3-2-4-8-13/h2-9,16H,10,15H2,1H3. The highest BCUT2D eigenvalue weighted by Crippen LogP contribution is 2.16. The van der Waals surface area contributed by atoms with Gasteiger partial charge in [0.2, 0.25) is 10.0 Å². The lowest BCUT2D eigenvalue weighted by Crippen LogP contribution is -2.23. The van der Waals surface area contributed by atoms with Crippen LogP contribution >= 0.6 is 0 Å².